The molecular formula is C14H15ClN2. The Labute approximate surface area is 107 Å². The lowest BCUT2D eigenvalue weighted by Crippen LogP contribution is -2.18. The molecule has 2 aromatic rings. The Kier molecular flexibility index (Phi) is 4.13. The van der Waals surface area contributed by atoms with Gasteiger partial charge in [0.15, 0.2) is 0 Å². The first-order valence-corrected chi connectivity index (χ1v) is 5.99. The number of benzene rings is 1. The monoisotopic (exact) mass is 246 g/mol. The van der Waals surface area contributed by atoms with E-state index >= 15 is 0 Å². The number of aromatic nitrogens is 1. The Bertz CT molecular complexity index is 471. The van der Waals surface area contributed by atoms with E-state index in [-0.39, 0.29) is 6.04 Å². The van der Waals surface area contributed by atoms with Gasteiger partial charge in [-0.1, -0.05) is 41.9 Å². The van der Waals surface area contributed by atoms with E-state index in [1.54, 1.807) is 12.4 Å². The number of hydrogen-bond acceptors (Lipinski definition) is 2. The van der Waals surface area contributed by atoms with Crippen molar-refractivity contribution in [1.82, 2.24) is 10.3 Å². The molecule has 1 N–H and O–H groups in total. The summed E-state index contributed by atoms with van der Waals surface area (Å²) in [5, 5.41) is 4.04. The van der Waals surface area contributed by atoms with Gasteiger partial charge in [-0.15, -0.1) is 0 Å². The largest absolute Gasteiger partial charge is 0.313 e. The lowest BCUT2D eigenvalue weighted by Gasteiger charge is -2.17. The maximum atomic E-state index is 6.12. The molecule has 2 rings (SSSR count). The van der Waals surface area contributed by atoms with Crippen LogP contribution < -0.4 is 5.32 Å². The second-order valence-corrected chi connectivity index (χ2v) is 4.33. The van der Waals surface area contributed by atoms with Crippen LogP contribution >= 0.6 is 11.6 Å². The van der Waals surface area contributed by atoms with Gasteiger partial charge < -0.3 is 5.32 Å². The Morgan fingerprint density at radius 2 is 2.00 bits per heavy atom. The molecule has 1 unspecified atom stereocenters. The summed E-state index contributed by atoms with van der Waals surface area (Å²) in [6.07, 6.45) is 4.33. The molecule has 0 aliphatic rings. The van der Waals surface area contributed by atoms with Crippen molar-refractivity contribution in [3.8, 4) is 0 Å². The summed E-state index contributed by atoms with van der Waals surface area (Å²) < 4.78 is 0. The fourth-order valence-corrected chi connectivity index (χ4v) is 2.06. The third-order valence-electron chi connectivity index (χ3n) is 2.83. The van der Waals surface area contributed by atoms with Gasteiger partial charge in [-0.25, -0.2) is 0 Å². The smallest absolute Gasteiger partial charge is 0.0622 e. The molecule has 0 aliphatic heterocycles. The van der Waals surface area contributed by atoms with Crippen LogP contribution in [0.3, 0.4) is 0 Å². The van der Waals surface area contributed by atoms with Gasteiger partial charge in [0.2, 0.25) is 0 Å². The molecule has 1 aromatic carbocycles. The highest BCUT2D eigenvalue weighted by atomic mass is 35.5. The van der Waals surface area contributed by atoms with Crippen molar-refractivity contribution in [3.63, 3.8) is 0 Å². The maximum Gasteiger partial charge on any atom is 0.0622 e. The Morgan fingerprint density at radius 1 is 1.24 bits per heavy atom. The SMILES string of the molecule is CNC(Cc1ccncc1Cl)c1ccccc1. The molecule has 0 spiro atoms. The number of pyridine rings is 1. The minimum Gasteiger partial charge on any atom is -0.313 e. The summed E-state index contributed by atoms with van der Waals surface area (Å²) in [5.74, 6) is 0. The Morgan fingerprint density at radius 3 is 2.65 bits per heavy atom. The molecule has 0 fully saturated rings. The molecule has 0 radical (unpaired) electrons. The van der Waals surface area contributed by atoms with Gasteiger partial charge in [0.25, 0.3) is 0 Å². The molecule has 1 atom stereocenters. The summed E-state index contributed by atoms with van der Waals surface area (Å²) >= 11 is 6.12. The average Bonchev–Trinajstić information content (AvgIpc) is 2.39. The number of halogens is 1. The van der Waals surface area contributed by atoms with E-state index in [1.165, 1.54) is 5.56 Å². The molecule has 0 amide bonds. The van der Waals surface area contributed by atoms with E-state index < -0.39 is 0 Å². The molecule has 17 heavy (non-hydrogen) atoms. The predicted molar refractivity (Wildman–Crippen MR) is 71.2 cm³/mol. The topological polar surface area (TPSA) is 24.9 Å². The van der Waals surface area contributed by atoms with E-state index in [0.29, 0.717) is 0 Å². The maximum absolute atomic E-state index is 6.12. The predicted octanol–water partition coefficient (Wildman–Crippen LogP) is 3.24. The molecule has 0 aliphatic carbocycles. The van der Waals surface area contributed by atoms with E-state index in [2.05, 4.69) is 22.4 Å². The number of nitrogens with one attached hydrogen (secondary N) is 1. The number of nitrogens with zero attached hydrogens (tertiary/aromatic N) is 1. The molecule has 0 saturated heterocycles. The molecule has 1 heterocycles. The van der Waals surface area contributed by atoms with E-state index in [9.17, 15) is 0 Å². The first-order chi connectivity index (χ1) is 8.31. The Hall–Kier alpha value is -1.38. The molecule has 2 nitrogen and oxygen atoms in total. The fraction of sp³-hybridized carbons (Fsp3) is 0.214. The zero-order chi connectivity index (χ0) is 12.1. The van der Waals surface area contributed by atoms with Crippen molar-refractivity contribution in [2.24, 2.45) is 0 Å². The van der Waals surface area contributed by atoms with E-state index in [1.807, 2.05) is 31.3 Å². The van der Waals surface area contributed by atoms with Gasteiger partial charge in [-0.05, 0) is 30.7 Å². The lowest BCUT2D eigenvalue weighted by atomic mass is 10.00. The van der Waals surface area contributed by atoms with E-state index in [0.717, 1.165) is 17.0 Å². The van der Waals surface area contributed by atoms with Crippen LogP contribution in [0.1, 0.15) is 17.2 Å². The highest BCUT2D eigenvalue weighted by Crippen LogP contribution is 2.22. The van der Waals surface area contributed by atoms with Gasteiger partial charge in [0.1, 0.15) is 0 Å². The second kappa shape index (κ2) is 5.80. The highest BCUT2D eigenvalue weighted by molar-refractivity contribution is 6.31. The minimum atomic E-state index is 0.274. The molecule has 88 valence electrons. The third-order valence-corrected chi connectivity index (χ3v) is 3.17. The van der Waals surface area contributed by atoms with Crippen LogP contribution in [-0.2, 0) is 6.42 Å². The molecule has 0 saturated carbocycles. The first kappa shape index (κ1) is 12.1. The molecular weight excluding hydrogens is 232 g/mol. The Balaban J connectivity index is 2.19. The number of hydrogen-bond donors (Lipinski definition) is 1. The van der Waals surface area contributed by atoms with Crippen molar-refractivity contribution >= 4 is 11.6 Å². The lowest BCUT2D eigenvalue weighted by molar-refractivity contribution is 0.592. The quantitative estimate of drug-likeness (QED) is 0.896. The minimum absolute atomic E-state index is 0.274. The number of likely N-dealkylation sites (N-methyl/N-ethyl adjacent to an activating group) is 1. The van der Waals surface area contributed by atoms with Gasteiger partial charge in [-0.2, -0.15) is 0 Å². The van der Waals surface area contributed by atoms with Crippen LogP contribution in [-0.4, -0.2) is 12.0 Å². The summed E-state index contributed by atoms with van der Waals surface area (Å²) in [6, 6.07) is 12.6. The van der Waals surface area contributed by atoms with Crippen LogP contribution in [0.5, 0.6) is 0 Å². The van der Waals surface area contributed by atoms with Crippen LogP contribution in [0.25, 0.3) is 0 Å². The highest BCUT2D eigenvalue weighted by Gasteiger charge is 2.11. The fourth-order valence-electron chi connectivity index (χ4n) is 1.86. The third kappa shape index (κ3) is 3.05. The van der Waals surface area contributed by atoms with Crippen LogP contribution in [0, 0.1) is 0 Å². The normalized spacial score (nSPS) is 12.4. The first-order valence-electron chi connectivity index (χ1n) is 5.62. The molecule has 0 bridgehead atoms. The molecule has 1 aromatic heterocycles. The van der Waals surface area contributed by atoms with Crippen molar-refractivity contribution < 1.29 is 0 Å². The van der Waals surface area contributed by atoms with Crippen LogP contribution in [0.2, 0.25) is 5.02 Å². The zero-order valence-corrected chi connectivity index (χ0v) is 10.5. The van der Waals surface area contributed by atoms with Gasteiger partial charge in [0, 0.05) is 18.4 Å². The van der Waals surface area contributed by atoms with Crippen LogP contribution in [0.15, 0.2) is 48.8 Å². The second-order valence-electron chi connectivity index (χ2n) is 3.92. The summed E-state index contributed by atoms with van der Waals surface area (Å²) in [6.45, 7) is 0. The standard InChI is InChI=1S/C14H15ClN2/c1-16-14(11-5-3-2-4-6-11)9-12-7-8-17-10-13(12)15/h2-8,10,14,16H,9H2,1H3. The summed E-state index contributed by atoms with van der Waals surface area (Å²) in [7, 11) is 1.97. The van der Waals surface area contributed by atoms with Crippen molar-refractivity contribution in [1.29, 1.82) is 0 Å². The molecule has 3 heteroatoms. The zero-order valence-electron chi connectivity index (χ0n) is 9.73. The van der Waals surface area contributed by atoms with Crippen molar-refractivity contribution in [2.75, 3.05) is 7.05 Å². The van der Waals surface area contributed by atoms with Gasteiger partial charge in [-0.3, -0.25) is 4.98 Å². The van der Waals surface area contributed by atoms with Crippen molar-refractivity contribution in [3.05, 3.63) is 64.9 Å². The van der Waals surface area contributed by atoms with Crippen molar-refractivity contribution in [2.45, 2.75) is 12.5 Å². The summed E-state index contributed by atoms with van der Waals surface area (Å²) in [4.78, 5) is 4.00. The summed E-state index contributed by atoms with van der Waals surface area (Å²) in [5.41, 5.74) is 2.38. The number of rotatable bonds is 4. The van der Waals surface area contributed by atoms with E-state index in [4.69, 9.17) is 11.6 Å². The van der Waals surface area contributed by atoms with Crippen LogP contribution in [0.4, 0.5) is 0 Å². The van der Waals surface area contributed by atoms with Gasteiger partial charge >= 0.3 is 0 Å². The average molecular weight is 247 g/mol. The van der Waals surface area contributed by atoms with Gasteiger partial charge in [0.05, 0.1) is 5.02 Å².